The highest BCUT2D eigenvalue weighted by atomic mass is 19.1. The highest BCUT2D eigenvalue weighted by Gasteiger charge is 2.19. The van der Waals surface area contributed by atoms with Crippen LogP contribution in [0.1, 0.15) is 12.0 Å². The summed E-state index contributed by atoms with van der Waals surface area (Å²) < 4.78 is 13.6. The number of rotatable bonds is 3. The number of aliphatic hydroxyl groups excluding tert-OH is 1. The number of hydrogen-bond acceptors (Lipinski definition) is 2. The van der Waals surface area contributed by atoms with Gasteiger partial charge in [-0.15, -0.1) is 0 Å². The molecule has 3 N–H and O–H groups in total. The maximum Gasteiger partial charge on any atom is 0.319 e. The molecule has 0 bridgehead atoms. The van der Waals surface area contributed by atoms with Crippen LogP contribution in [-0.4, -0.2) is 23.8 Å². The molecule has 1 aromatic rings. The van der Waals surface area contributed by atoms with E-state index in [4.69, 9.17) is 5.11 Å². The minimum atomic E-state index is -0.453. The molecular formula is C14H17FN2O2. The fraction of sp³-hybridized carbons (Fsp3) is 0.357. The second-order valence-electron chi connectivity index (χ2n) is 4.75. The number of aliphatic hydroxyl groups is 1. The third kappa shape index (κ3) is 3.54. The summed E-state index contributed by atoms with van der Waals surface area (Å²) in [7, 11) is 0. The van der Waals surface area contributed by atoms with Gasteiger partial charge in [0.15, 0.2) is 0 Å². The van der Waals surface area contributed by atoms with Crippen LogP contribution < -0.4 is 10.6 Å². The summed E-state index contributed by atoms with van der Waals surface area (Å²) in [4.78, 5) is 11.7. The third-order valence-electron chi connectivity index (χ3n) is 3.10. The Kier molecular flexibility index (Phi) is 4.16. The summed E-state index contributed by atoms with van der Waals surface area (Å²) in [6.07, 6.45) is 4.38. The molecule has 4 nitrogen and oxygen atoms in total. The molecule has 0 radical (unpaired) electrons. The molecule has 0 saturated carbocycles. The first-order valence-corrected chi connectivity index (χ1v) is 6.21. The summed E-state index contributed by atoms with van der Waals surface area (Å²) in [5.41, 5.74) is 0.955. The number of aryl methyl sites for hydroxylation is 1. The van der Waals surface area contributed by atoms with Crippen molar-refractivity contribution < 1.29 is 14.3 Å². The molecule has 1 aliphatic rings. The van der Waals surface area contributed by atoms with Gasteiger partial charge in [-0.25, -0.2) is 9.18 Å². The molecule has 1 aliphatic carbocycles. The maximum absolute atomic E-state index is 13.6. The Morgan fingerprint density at radius 1 is 1.47 bits per heavy atom. The van der Waals surface area contributed by atoms with Crippen molar-refractivity contribution in [3.8, 4) is 0 Å². The molecule has 0 aliphatic heterocycles. The van der Waals surface area contributed by atoms with Gasteiger partial charge in [0, 0.05) is 18.6 Å². The van der Waals surface area contributed by atoms with Crippen molar-refractivity contribution in [2.45, 2.75) is 19.4 Å². The van der Waals surface area contributed by atoms with Crippen molar-refractivity contribution in [1.82, 2.24) is 5.32 Å². The predicted octanol–water partition coefficient (Wildman–Crippen LogP) is 2.19. The zero-order chi connectivity index (χ0) is 13.8. The lowest BCUT2D eigenvalue weighted by Gasteiger charge is -2.14. The summed E-state index contributed by atoms with van der Waals surface area (Å²) in [5.74, 6) is -0.369. The van der Waals surface area contributed by atoms with E-state index < -0.39 is 11.8 Å². The topological polar surface area (TPSA) is 61.4 Å². The number of anilines is 1. The molecule has 0 saturated heterocycles. The standard InChI is InChI=1S/C14H17FN2O2/c1-9-2-5-13(12(15)6-9)17-14(19)16-11-4-3-10(7-11)8-18/h2-6,10-11,18H,7-8H2,1H3,(H2,16,17,19)/t10-,11+/m0/s1. The molecule has 2 rings (SSSR count). The molecule has 2 amide bonds. The second-order valence-corrected chi connectivity index (χ2v) is 4.75. The van der Waals surface area contributed by atoms with E-state index in [2.05, 4.69) is 10.6 Å². The molecule has 0 aromatic heterocycles. The van der Waals surface area contributed by atoms with Gasteiger partial charge in [0.2, 0.25) is 0 Å². The van der Waals surface area contributed by atoms with Crippen LogP contribution in [0.4, 0.5) is 14.9 Å². The van der Waals surface area contributed by atoms with Crippen LogP contribution in [0.5, 0.6) is 0 Å². The number of halogens is 1. The van der Waals surface area contributed by atoms with Crippen molar-refractivity contribution in [1.29, 1.82) is 0 Å². The van der Waals surface area contributed by atoms with Gasteiger partial charge >= 0.3 is 6.03 Å². The quantitative estimate of drug-likeness (QED) is 0.733. The van der Waals surface area contributed by atoms with E-state index in [9.17, 15) is 9.18 Å². The van der Waals surface area contributed by atoms with E-state index in [0.717, 1.165) is 5.56 Å². The Labute approximate surface area is 111 Å². The van der Waals surface area contributed by atoms with Crippen LogP contribution in [0.3, 0.4) is 0 Å². The van der Waals surface area contributed by atoms with E-state index in [0.29, 0.717) is 6.42 Å². The fourth-order valence-electron chi connectivity index (χ4n) is 2.07. The SMILES string of the molecule is Cc1ccc(NC(=O)N[C@@H]2C=C[C@H](CO)C2)c(F)c1. The summed E-state index contributed by atoms with van der Waals surface area (Å²) in [5, 5.41) is 14.2. The van der Waals surface area contributed by atoms with E-state index in [1.807, 2.05) is 12.2 Å². The minimum absolute atomic E-state index is 0.0723. The van der Waals surface area contributed by atoms with Crippen LogP contribution in [0.15, 0.2) is 30.4 Å². The molecular weight excluding hydrogens is 247 g/mol. The monoisotopic (exact) mass is 264 g/mol. The number of amides is 2. The Morgan fingerprint density at radius 3 is 2.89 bits per heavy atom. The van der Waals surface area contributed by atoms with Crippen LogP contribution >= 0.6 is 0 Å². The summed E-state index contributed by atoms with van der Waals surface area (Å²) in [6, 6.07) is 4.07. The first-order chi connectivity index (χ1) is 9.08. The Balaban J connectivity index is 1.90. The van der Waals surface area contributed by atoms with Crippen LogP contribution in [-0.2, 0) is 0 Å². The van der Waals surface area contributed by atoms with Crippen molar-refractivity contribution >= 4 is 11.7 Å². The number of hydrogen-bond donors (Lipinski definition) is 3. The molecule has 0 spiro atoms. The van der Waals surface area contributed by atoms with E-state index in [1.165, 1.54) is 12.1 Å². The number of urea groups is 1. The zero-order valence-corrected chi connectivity index (χ0v) is 10.7. The van der Waals surface area contributed by atoms with Crippen molar-refractivity contribution in [2.24, 2.45) is 5.92 Å². The van der Waals surface area contributed by atoms with Crippen LogP contribution in [0.25, 0.3) is 0 Å². The van der Waals surface area contributed by atoms with Crippen LogP contribution in [0.2, 0.25) is 0 Å². The highest BCUT2D eigenvalue weighted by Crippen LogP contribution is 2.18. The van der Waals surface area contributed by atoms with E-state index >= 15 is 0 Å². The van der Waals surface area contributed by atoms with Gasteiger partial charge in [0.05, 0.1) is 5.69 Å². The summed E-state index contributed by atoms with van der Waals surface area (Å²) >= 11 is 0. The van der Waals surface area contributed by atoms with E-state index in [1.54, 1.807) is 13.0 Å². The lowest BCUT2D eigenvalue weighted by molar-refractivity contribution is 0.238. The molecule has 2 atom stereocenters. The smallest absolute Gasteiger partial charge is 0.319 e. The number of carbonyl (C=O) groups is 1. The van der Waals surface area contributed by atoms with Gasteiger partial charge in [-0.3, -0.25) is 0 Å². The van der Waals surface area contributed by atoms with Crippen molar-refractivity contribution in [2.75, 3.05) is 11.9 Å². The number of benzene rings is 1. The first kappa shape index (κ1) is 13.5. The van der Waals surface area contributed by atoms with Gasteiger partial charge in [0.25, 0.3) is 0 Å². The Morgan fingerprint density at radius 2 is 2.26 bits per heavy atom. The van der Waals surface area contributed by atoms with E-state index in [-0.39, 0.29) is 24.3 Å². The highest BCUT2D eigenvalue weighted by molar-refractivity contribution is 5.89. The minimum Gasteiger partial charge on any atom is -0.396 e. The van der Waals surface area contributed by atoms with Crippen molar-refractivity contribution in [3.05, 3.63) is 41.7 Å². The lowest BCUT2D eigenvalue weighted by atomic mass is 10.1. The molecule has 0 heterocycles. The normalized spacial score (nSPS) is 21.4. The first-order valence-electron chi connectivity index (χ1n) is 6.21. The van der Waals surface area contributed by atoms with Crippen molar-refractivity contribution in [3.63, 3.8) is 0 Å². The average molecular weight is 264 g/mol. The molecule has 1 aromatic carbocycles. The molecule has 5 heteroatoms. The predicted molar refractivity (Wildman–Crippen MR) is 71.4 cm³/mol. The Bertz CT molecular complexity index is 502. The number of carbonyl (C=O) groups excluding carboxylic acids is 1. The molecule has 102 valence electrons. The largest absolute Gasteiger partial charge is 0.396 e. The van der Waals surface area contributed by atoms with Gasteiger partial charge in [-0.05, 0) is 31.0 Å². The van der Waals surface area contributed by atoms with Crippen LogP contribution in [0, 0.1) is 18.7 Å². The lowest BCUT2D eigenvalue weighted by Crippen LogP contribution is -2.36. The Hall–Kier alpha value is -1.88. The fourth-order valence-corrected chi connectivity index (χ4v) is 2.07. The number of nitrogens with one attached hydrogen (secondary N) is 2. The maximum atomic E-state index is 13.6. The van der Waals surface area contributed by atoms with Gasteiger partial charge in [-0.1, -0.05) is 18.2 Å². The van der Waals surface area contributed by atoms with Gasteiger partial charge in [0.1, 0.15) is 5.82 Å². The summed E-state index contributed by atoms with van der Waals surface area (Å²) in [6.45, 7) is 1.86. The second kappa shape index (κ2) is 5.84. The molecule has 0 unspecified atom stereocenters. The zero-order valence-electron chi connectivity index (χ0n) is 10.7. The van der Waals surface area contributed by atoms with Gasteiger partial charge in [-0.2, -0.15) is 0 Å². The molecule has 0 fully saturated rings. The molecule has 19 heavy (non-hydrogen) atoms. The average Bonchev–Trinajstić information content (AvgIpc) is 2.80. The van der Waals surface area contributed by atoms with Gasteiger partial charge < -0.3 is 15.7 Å². The third-order valence-corrected chi connectivity index (χ3v) is 3.10.